The Morgan fingerprint density at radius 1 is 1.14 bits per heavy atom. The Bertz CT molecular complexity index is 1120. The normalized spacial score (nSPS) is 14.0. The number of piperazine rings is 1. The molecule has 1 fully saturated rings. The van der Waals surface area contributed by atoms with Gasteiger partial charge >= 0.3 is 0 Å². The van der Waals surface area contributed by atoms with Crippen LogP contribution in [0.4, 0.5) is 5.82 Å². The van der Waals surface area contributed by atoms with Crippen LogP contribution in [-0.4, -0.2) is 49.1 Å². The van der Waals surface area contributed by atoms with Crippen molar-refractivity contribution < 1.29 is 9.53 Å². The Balaban J connectivity index is 1.55. The van der Waals surface area contributed by atoms with Crippen molar-refractivity contribution in [3.05, 3.63) is 64.1 Å². The molecule has 1 aliphatic heterocycles. The van der Waals surface area contributed by atoms with Gasteiger partial charge in [-0.25, -0.2) is 4.98 Å². The maximum absolute atomic E-state index is 12.8. The van der Waals surface area contributed by atoms with E-state index < -0.39 is 0 Å². The van der Waals surface area contributed by atoms with Crippen LogP contribution in [0.15, 0.2) is 53.0 Å². The van der Waals surface area contributed by atoms with Crippen LogP contribution in [-0.2, 0) is 0 Å². The molecule has 2 aromatic carbocycles. The lowest BCUT2D eigenvalue weighted by Crippen LogP contribution is -2.49. The Morgan fingerprint density at radius 3 is 2.59 bits per heavy atom. The van der Waals surface area contributed by atoms with Gasteiger partial charge in [-0.1, -0.05) is 12.1 Å². The maximum atomic E-state index is 12.8. The molecule has 3 aromatic rings. The average Bonchev–Trinajstić information content (AvgIpc) is 2.77. The van der Waals surface area contributed by atoms with Crippen molar-refractivity contribution in [3.8, 4) is 11.8 Å². The summed E-state index contributed by atoms with van der Waals surface area (Å²) in [7, 11) is 1.61. The van der Waals surface area contributed by atoms with Gasteiger partial charge in [0.25, 0.3) is 5.91 Å². The predicted molar refractivity (Wildman–Crippen MR) is 115 cm³/mol. The second-order valence-corrected chi connectivity index (χ2v) is 7.64. The van der Waals surface area contributed by atoms with Gasteiger partial charge in [0, 0.05) is 36.0 Å². The minimum absolute atomic E-state index is 0.0104. The SMILES string of the molecule is COc1ccc2nc(N3CCN(C(=O)c4ccccc4Br)CC3)c(C#N)cc2c1. The molecule has 0 unspecified atom stereocenters. The van der Waals surface area contributed by atoms with Gasteiger partial charge in [0.2, 0.25) is 0 Å². The first kappa shape index (κ1) is 19.2. The number of hydrogen-bond acceptors (Lipinski definition) is 5. The minimum Gasteiger partial charge on any atom is -0.497 e. The van der Waals surface area contributed by atoms with Gasteiger partial charge in [-0.2, -0.15) is 5.26 Å². The highest BCUT2D eigenvalue weighted by Crippen LogP contribution is 2.27. The molecule has 6 nitrogen and oxygen atoms in total. The van der Waals surface area contributed by atoms with Gasteiger partial charge in [-0.15, -0.1) is 0 Å². The summed E-state index contributed by atoms with van der Waals surface area (Å²) in [6.07, 6.45) is 0. The van der Waals surface area contributed by atoms with Gasteiger partial charge in [0.1, 0.15) is 17.6 Å². The van der Waals surface area contributed by atoms with Crippen molar-refractivity contribution in [3.63, 3.8) is 0 Å². The number of carbonyl (C=O) groups excluding carboxylic acids is 1. The van der Waals surface area contributed by atoms with E-state index >= 15 is 0 Å². The third kappa shape index (κ3) is 3.76. The molecule has 146 valence electrons. The lowest BCUT2D eigenvalue weighted by molar-refractivity contribution is 0.0745. The summed E-state index contributed by atoms with van der Waals surface area (Å²) < 4.78 is 6.06. The average molecular weight is 451 g/mol. The fraction of sp³-hybridized carbons (Fsp3) is 0.227. The second kappa shape index (κ2) is 8.10. The summed E-state index contributed by atoms with van der Waals surface area (Å²) in [5.41, 5.74) is 2.00. The van der Waals surface area contributed by atoms with Crippen molar-refractivity contribution in [1.29, 1.82) is 5.26 Å². The fourth-order valence-corrected chi connectivity index (χ4v) is 3.98. The van der Waals surface area contributed by atoms with Crippen molar-refractivity contribution in [1.82, 2.24) is 9.88 Å². The highest BCUT2D eigenvalue weighted by Gasteiger charge is 2.25. The molecule has 1 amide bonds. The number of fused-ring (bicyclic) bond motifs is 1. The molecule has 1 aromatic heterocycles. The summed E-state index contributed by atoms with van der Waals surface area (Å²) in [6, 6.07) is 17.2. The predicted octanol–water partition coefficient (Wildman–Crippen LogP) is 3.84. The largest absolute Gasteiger partial charge is 0.497 e. The molecule has 1 aliphatic rings. The summed E-state index contributed by atoms with van der Waals surface area (Å²) in [5.74, 6) is 1.41. The molecular formula is C22H19BrN4O2. The third-order valence-electron chi connectivity index (χ3n) is 5.09. The zero-order valence-electron chi connectivity index (χ0n) is 15.9. The molecule has 0 atom stereocenters. The number of nitrogens with zero attached hydrogens (tertiary/aromatic N) is 4. The molecule has 1 saturated heterocycles. The van der Waals surface area contributed by atoms with Crippen LogP contribution in [0.25, 0.3) is 10.9 Å². The van der Waals surface area contributed by atoms with Gasteiger partial charge in [0.05, 0.1) is 23.8 Å². The molecule has 7 heteroatoms. The van der Waals surface area contributed by atoms with E-state index in [9.17, 15) is 10.1 Å². The first-order valence-electron chi connectivity index (χ1n) is 9.28. The Hall–Kier alpha value is -3.11. The van der Waals surface area contributed by atoms with Crippen molar-refractivity contribution in [2.75, 3.05) is 38.2 Å². The first-order chi connectivity index (χ1) is 14.1. The molecule has 0 radical (unpaired) electrons. The molecule has 0 saturated carbocycles. The number of halogens is 1. The molecule has 2 heterocycles. The number of rotatable bonds is 3. The number of amides is 1. The van der Waals surface area contributed by atoms with Crippen LogP contribution in [0.5, 0.6) is 5.75 Å². The Kier molecular flexibility index (Phi) is 5.36. The summed E-state index contributed by atoms with van der Waals surface area (Å²) in [6.45, 7) is 2.40. The number of anilines is 1. The highest BCUT2D eigenvalue weighted by molar-refractivity contribution is 9.10. The van der Waals surface area contributed by atoms with E-state index in [4.69, 9.17) is 9.72 Å². The number of nitriles is 1. The monoisotopic (exact) mass is 450 g/mol. The number of pyridine rings is 1. The zero-order chi connectivity index (χ0) is 20.4. The molecular weight excluding hydrogens is 432 g/mol. The van der Waals surface area contributed by atoms with Gasteiger partial charge in [-0.05, 0) is 52.3 Å². The van der Waals surface area contributed by atoms with Crippen LogP contribution >= 0.6 is 15.9 Å². The zero-order valence-corrected chi connectivity index (χ0v) is 17.5. The summed E-state index contributed by atoms with van der Waals surface area (Å²) in [5, 5.41) is 10.5. The lowest BCUT2D eigenvalue weighted by Gasteiger charge is -2.36. The maximum Gasteiger partial charge on any atom is 0.255 e. The Morgan fingerprint density at radius 2 is 1.90 bits per heavy atom. The Labute approximate surface area is 177 Å². The molecule has 0 spiro atoms. The summed E-state index contributed by atoms with van der Waals surface area (Å²) in [4.78, 5) is 21.5. The molecule has 0 N–H and O–H groups in total. The van der Waals surface area contributed by atoms with Gasteiger partial charge in [-0.3, -0.25) is 4.79 Å². The summed E-state index contributed by atoms with van der Waals surface area (Å²) >= 11 is 3.45. The second-order valence-electron chi connectivity index (χ2n) is 6.79. The van der Waals surface area contributed by atoms with Crippen LogP contribution in [0.1, 0.15) is 15.9 Å². The molecule has 4 rings (SSSR count). The van der Waals surface area contributed by atoms with Crippen LogP contribution in [0.2, 0.25) is 0 Å². The quantitative estimate of drug-likeness (QED) is 0.606. The van der Waals surface area contributed by atoms with E-state index in [2.05, 4.69) is 26.9 Å². The van der Waals surface area contributed by atoms with E-state index in [0.717, 1.165) is 21.1 Å². The first-order valence-corrected chi connectivity index (χ1v) is 10.1. The number of benzene rings is 2. The van der Waals surface area contributed by atoms with Crippen LogP contribution in [0, 0.1) is 11.3 Å². The van der Waals surface area contributed by atoms with Crippen molar-refractivity contribution >= 4 is 38.6 Å². The topological polar surface area (TPSA) is 69.5 Å². The van der Waals surface area contributed by atoms with Gasteiger partial charge < -0.3 is 14.5 Å². The number of methoxy groups -OCH3 is 1. The third-order valence-corrected chi connectivity index (χ3v) is 5.78. The van der Waals surface area contributed by atoms with E-state index in [1.54, 1.807) is 7.11 Å². The van der Waals surface area contributed by atoms with Gasteiger partial charge in [0.15, 0.2) is 0 Å². The molecule has 29 heavy (non-hydrogen) atoms. The number of carbonyl (C=O) groups is 1. The van der Waals surface area contributed by atoms with E-state index in [0.29, 0.717) is 43.1 Å². The molecule has 0 aliphatic carbocycles. The van der Waals surface area contributed by atoms with E-state index in [1.165, 1.54) is 0 Å². The minimum atomic E-state index is 0.0104. The highest BCUT2D eigenvalue weighted by atomic mass is 79.9. The van der Waals surface area contributed by atoms with E-state index in [1.807, 2.05) is 53.4 Å². The lowest BCUT2D eigenvalue weighted by atomic mass is 10.1. The number of aromatic nitrogens is 1. The van der Waals surface area contributed by atoms with Crippen LogP contribution < -0.4 is 9.64 Å². The van der Waals surface area contributed by atoms with Crippen molar-refractivity contribution in [2.24, 2.45) is 0 Å². The molecule has 0 bridgehead atoms. The fourth-order valence-electron chi connectivity index (χ4n) is 3.52. The smallest absolute Gasteiger partial charge is 0.255 e. The van der Waals surface area contributed by atoms with Crippen molar-refractivity contribution in [2.45, 2.75) is 0 Å². The van der Waals surface area contributed by atoms with Crippen LogP contribution in [0.3, 0.4) is 0 Å². The number of hydrogen-bond donors (Lipinski definition) is 0. The standard InChI is InChI=1S/C22H19BrN4O2/c1-29-17-6-7-20-15(13-17)12-16(14-24)21(25-20)26-8-10-27(11-9-26)22(28)18-4-2-3-5-19(18)23/h2-7,12-13H,8-11H2,1H3. The van der Waals surface area contributed by atoms with E-state index in [-0.39, 0.29) is 5.91 Å². The number of ether oxygens (including phenoxy) is 1.